The molecule has 1 aliphatic rings. The second-order valence-electron chi connectivity index (χ2n) is 4.51. The van der Waals surface area contributed by atoms with Crippen molar-refractivity contribution < 1.29 is 14.3 Å². The Kier molecular flexibility index (Phi) is 3.25. The number of anilines is 1. The summed E-state index contributed by atoms with van der Waals surface area (Å²) in [5.41, 5.74) is 0. The SMILES string of the molecule is C[C@H]1Oc2ccccc2O[C@H]1C(=O)Nc1ccccn1. The highest BCUT2D eigenvalue weighted by Gasteiger charge is 2.34. The first kappa shape index (κ1) is 12.5. The smallest absolute Gasteiger partial charge is 0.270 e. The van der Waals surface area contributed by atoms with E-state index in [1.54, 1.807) is 37.4 Å². The van der Waals surface area contributed by atoms with Gasteiger partial charge in [-0.1, -0.05) is 18.2 Å². The summed E-state index contributed by atoms with van der Waals surface area (Å²) in [5.74, 6) is 1.45. The van der Waals surface area contributed by atoms with E-state index in [1.807, 2.05) is 18.2 Å². The predicted octanol–water partition coefficient (Wildman–Crippen LogP) is 2.25. The number of para-hydroxylation sites is 2. The molecule has 2 atom stereocenters. The Morgan fingerprint density at radius 1 is 1.10 bits per heavy atom. The lowest BCUT2D eigenvalue weighted by atomic mass is 10.1. The number of hydrogen-bond donors (Lipinski definition) is 1. The van der Waals surface area contributed by atoms with Crippen LogP contribution in [0.25, 0.3) is 0 Å². The second-order valence-corrected chi connectivity index (χ2v) is 4.51. The summed E-state index contributed by atoms with van der Waals surface area (Å²) < 4.78 is 11.4. The number of amides is 1. The number of fused-ring (bicyclic) bond motifs is 1. The maximum atomic E-state index is 12.2. The standard InChI is InChI=1S/C15H14N2O3/c1-10-14(15(18)17-13-8-4-5-9-16-13)20-12-7-3-2-6-11(12)19-10/h2-10,14H,1H3,(H,16,17,18)/t10-,14-/m1/s1. The van der Waals surface area contributed by atoms with Gasteiger partial charge in [0, 0.05) is 6.20 Å². The van der Waals surface area contributed by atoms with Gasteiger partial charge in [0.1, 0.15) is 11.9 Å². The largest absolute Gasteiger partial charge is 0.482 e. The van der Waals surface area contributed by atoms with Crippen molar-refractivity contribution in [3.05, 3.63) is 48.7 Å². The molecule has 3 rings (SSSR count). The van der Waals surface area contributed by atoms with Gasteiger partial charge in [-0.25, -0.2) is 4.98 Å². The topological polar surface area (TPSA) is 60.5 Å². The maximum Gasteiger partial charge on any atom is 0.270 e. The molecule has 0 radical (unpaired) electrons. The quantitative estimate of drug-likeness (QED) is 0.909. The fourth-order valence-corrected chi connectivity index (χ4v) is 2.04. The molecule has 1 N–H and O–H groups in total. The van der Waals surface area contributed by atoms with Gasteiger partial charge in [0.15, 0.2) is 11.5 Å². The van der Waals surface area contributed by atoms with Crippen LogP contribution in [0.15, 0.2) is 48.7 Å². The number of aromatic nitrogens is 1. The normalized spacial score (nSPS) is 20.2. The summed E-state index contributed by atoms with van der Waals surface area (Å²) in [6.07, 6.45) is 0.549. The van der Waals surface area contributed by atoms with Crippen LogP contribution in [0.5, 0.6) is 11.5 Å². The number of benzene rings is 1. The van der Waals surface area contributed by atoms with Gasteiger partial charge in [-0.15, -0.1) is 0 Å². The number of pyridine rings is 1. The molecule has 1 aromatic heterocycles. The second kappa shape index (κ2) is 5.21. The first-order valence-electron chi connectivity index (χ1n) is 6.38. The number of carbonyl (C=O) groups excluding carboxylic acids is 1. The van der Waals surface area contributed by atoms with Crippen LogP contribution in [0.2, 0.25) is 0 Å². The van der Waals surface area contributed by atoms with Crippen LogP contribution in [0, 0.1) is 0 Å². The van der Waals surface area contributed by atoms with E-state index in [0.717, 1.165) is 0 Å². The van der Waals surface area contributed by atoms with Crippen LogP contribution in [0.1, 0.15) is 6.92 Å². The summed E-state index contributed by atoms with van der Waals surface area (Å²) in [6.45, 7) is 1.80. The highest BCUT2D eigenvalue weighted by molar-refractivity contribution is 5.94. The fourth-order valence-electron chi connectivity index (χ4n) is 2.04. The Morgan fingerprint density at radius 2 is 1.80 bits per heavy atom. The van der Waals surface area contributed by atoms with E-state index >= 15 is 0 Å². The molecule has 5 nitrogen and oxygen atoms in total. The van der Waals surface area contributed by atoms with E-state index in [2.05, 4.69) is 10.3 Å². The van der Waals surface area contributed by atoms with Crippen molar-refractivity contribution in [3.8, 4) is 11.5 Å². The van der Waals surface area contributed by atoms with E-state index in [-0.39, 0.29) is 12.0 Å². The summed E-state index contributed by atoms with van der Waals surface area (Å²) >= 11 is 0. The molecule has 2 heterocycles. The number of hydrogen-bond acceptors (Lipinski definition) is 4. The third-order valence-corrected chi connectivity index (χ3v) is 3.02. The number of carbonyl (C=O) groups is 1. The Bertz CT molecular complexity index is 616. The molecule has 1 amide bonds. The molecule has 0 unspecified atom stereocenters. The minimum Gasteiger partial charge on any atom is -0.482 e. The van der Waals surface area contributed by atoms with Gasteiger partial charge in [0.2, 0.25) is 6.10 Å². The van der Waals surface area contributed by atoms with Crippen LogP contribution in [0.3, 0.4) is 0 Å². The molecule has 2 aromatic rings. The lowest BCUT2D eigenvalue weighted by Crippen LogP contribution is -2.46. The summed E-state index contributed by atoms with van der Waals surface area (Å²) in [5, 5.41) is 2.72. The summed E-state index contributed by atoms with van der Waals surface area (Å²) in [6, 6.07) is 12.6. The minimum atomic E-state index is -0.702. The lowest BCUT2D eigenvalue weighted by Gasteiger charge is -2.30. The van der Waals surface area contributed by atoms with Crippen LogP contribution in [0.4, 0.5) is 5.82 Å². The molecule has 0 saturated carbocycles. The highest BCUT2D eigenvalue weighted by Crippen LogP contribution is 2.33. The number of nitrogens with one attached hydrogen (secondary N) is 1. The third-order valence-electron chi connectivity index (χ3n) is 3.02. The zero-order chi connectivity index (χ0) is 13.9. The first-order valence-corrected chi connectivity index (χ1v) is 6.38. The first-order chi connectivity index (χ1) is 9.74. The molecule has 1 aromatic carbocycles. The monoisotopic (exact) mass is 270 g/mol. The number of ether oxygens (including phenoxy) is 2. The average Bonchev–Trinajstić information content (AvgIpc) is 2.47. The van der Waals surface area contributed by atoms with E-state index in [4.69, 9.17) is 9.47 Å². The Labute approximate surface area is 116 Å². The molecular formula is C15H14N2O3. The van der Waals surface area contributed by atoms with Crippen LogP contribution >= 0.6 is 0 Å². The maximum absolute atomic E-state index is 12.2. The molecule has 20 heavy (non-hydrogen) atoms. The van der Waals surface area contributed by atoms with Crippen molar-refractivity contribution in [2.24, 2.45) is 0 Å². The molecule has 0 spiro atoms. The van der Waals surface area contributed by atoms with E-state index in [9.17, 15) is 4.79 Å². The van der Waals surface area contributed by atoms with Crippen molar-refractivity contribution in [2.75, 3.05) is 5.32 Å². The van der Waals surface area contributed by atoms with E-state index in [0.29, 0.717) is 17.3 Å². The lowest BCUT2D eigenvalue weighted by molar-refractivity contribution is -0.128. The molecule has 0 saturated heterocycles. The zero-order valence-corrected chi connectivity index (χ0v) is 10.9. The molecule has 0 fully saturated rings. The Hall–Kier alpha value is -2.56. The summed E-state index contributed by atoms with van der Waals surface area (Å²) in [7, 11) is 0. The minimum absolute atomic E-state index is 0.272. The molecule has 0 aliphatic carbocycles. The zero-order valence-electron chi connectivity index (χ0n) is 10.9. The predicted molar refractivity (Wildman–Crippen MR) is 73.8 cm³/mol. The molecule has 1 aliphatic heterocycles. The third kappa shape index (κ3) is 2.42. The molecule has 102 valence electrons. The fraction of sp³-hybridized carbons (Fsp3) is 0.200. The van der Waals surface area contributed by atoms with E-state index < -0.39 is 6.10 Å². The van der Waals surface area contributed by atoms with Crippen molar-refractivity contribution in [2.45, 2.75) is 19.1 Å². The van der Waals surface area contributed by atoms with Crippen LogP contribution in [-0.4, -0.2) is 23.1 Å². The molecule has 0 bridgehead atoms. The van der Waals surface area contributed by atoms with Gasteiger partial charge in [-0.3, -0.25) is 4.79 Å². The van der Waals surface area contributed by atoms with Crippen LogP contribution in [-0.2, 0) is 4.79 Å². The average molecular weight is 270 g/mol. The van der Waals surface area contributed by atoms with Gasteiger partial charge in [0.25, 0.3) is 5.91 Å². The van der Waals surface area contributed by atoms with Crippen molar-refractivity contribution in [1.29, 1.82) is 0 Å². The van der Waals surface area contributed by atoms with Gasteiger partial charge in [0.05, 0.1) is 0 Å². The molecular weight excluding hydrogens is 256 g/mol. The van der Waals surface area contributed by atoms with Gasteiger partial charge >= 0.3 is 0 Å². The van der Waals surface area contributed by atoms with Crippen molar-refractivity contribution >= 4 is 11.7 Å². The Balaban J connectivity index is 1.76. The number of rotatable bonds is 2. The van der Waals surface area contributed by atoms with E-state index in [1.165, 1.54) is 0 Å². The van der Waals surface area contributed by atoms with Gasteiger partial charge < -0.3 is 14.8 Å². The number of nitrogens with zero attached hydrogens (tertiary/aromatic N) is 1. The summed E-state index contributed by atoms with van der Waals surface area (Å²) in [4.78, 5) is 16.3. The van der Waals surface area contributed by atoms with Gasteiger partial charge in [-0.2, -0.15) is 0 Å². The van der Waals surface area contributed by atoms with Crippen LogP contribution < -0.4 is 14.8 Å². The highest BCUT2D eigenvalue weighted by atomic mass is 16.6. The molecule has 5 heteroatoms. The van der Waals surface area contributed by atoms with Crippen molar-refractivity contribution in [1.82, 2.24) is 4.98 Å². The van der Waals surface area contributed by atoms with Gasteiger partial charge in [-0.05, 0) is 31.2 Å². The van der Waals surface area contributed by atoms with Crippen molar-refractivity contribution in [3.63, 3.8) is 0 Å². The Morgan fingerprint density at radius 3 is 2.50 bits per heavy atom.